The molecule has 0 amide bonds. The zero-order chi connectivity index (χ0) is 40.8. The van der Waals surface area contributed by atoms with Crippen molar-refractivity contribution in [3.63, 3.8) is 0 Å². The molecule has 7 aromatic carbocycles. The SMILES string of the molecule is c1ccc(-c2cc(-c3ccc(-c4cccnc4)nc3)nc(-c3ccc4c(c3)C3(c5ccccc5-c5ccccc5-4)c4ccccc4-c4cc5sc6ccccc6c5cc43)n2)cc1. The molecule has 0 saturated carbocycles. The minimum absolute atomic E-state index is 0.657. The molecule has 1 atom stereocenters. The second-order valence-corrected chi connectivity index (χ2v) is 17.2. The van der Waals surface area contributed by atoms with Crippen LogP contribution in [0.3, 0.4) is 0 Å². The second-order valence-electron chi connectivity index (χ2n) is 16.1. The molecule has 13 rings (SSSR count). The van der Waals surface area contributed by atoms with Crippen molar-refractivity contribution in [3.05, 3.63) is 229 Å². The maximum atomic E-state index is 5.37. The smallest absolute Gasteiger partial charge is 0.160 e. The number of fused-ring (bicyclic) bond motifs is 15. The van der Waals surface area contributed by atoms with E-state index in [4.69, 9.17) is 15.0 Å². The first kappa shape index (κ1) is 34.9. The summed E-state index contributed by atoms with van der Waals surface area (Å²) in [5.41, 5.74) is 18.2. The Kier molecular flexibility index (Phi) is 7.66. The third kappa shape index (κ3) is 5.12. The maximum Gasteiger partial charge on any atom is 0.160 e. The molecule has 0 saturated heterocycles. The fourth-order valence-electron chi connectivity index (χ4n) is 10.2. The molecule has 0 aliphatic heterocycles. The van der Waals surface area contributed by atoms with Gasteiger partial charge in [-0.2, -0.15) is 0 Å². The highest BCUT2D eigenvalue weighted by atomic mass is 32.1. The van der Waals surface area contributed by atoms with Crippen LogP contribution in [0.25, 0.3) is 98.7 Å². The van der Waals surface area contributed by atoms with Crippen LogP contribution < -0.4 is 0 Å². The number of nitrogens with zero attached hydrogens (tertiary/aromatic N) is 4. The largest absolute Gasteiger partial charge is 0.264 e. The molecule has 0 bridgehead atoms. The Morgan fingerprint density at radius 1 is 0.355 bits per heavy atom. The van der Waals surface area contributed by atoms with E-state index in [1.165, 1.54) is 75.8 Å². The van der Waals surface area contributed by atoms with E-state index in [2.05, 4.69) is 169 Å². The summed E-state index contributed by atoms with van der Waals surface area (Å²) in [6.07, 6.45) is 5.53. The minimum atomic E-state index is -0.657. The Morgan fingerprint density at radius 3 is 1.71 bits per heavy atom. The molecule has 5 heteroatoms. The van der Waals surface area contributed by atoms with Gasteiger partial charge in [-0.15, -0.1) is 11.3 Å². The van der Waals surface area contributed by atoms with Crippen LogP contribution in [0, 0.1) is 0 Å². The molecule has 11 aromatic rings. The number of benzene rings is 7. The van der Waals surface area contributed by atoms with Gasteiger partial charge in [0.1, 0.15) is 0 Å². The van der Waals surface area contributed by atoms with Crippen LogP contribution >= 0.6 is 11.3 Å². The Morgan fingerprint density at radius 2 is 0.968 bits per heavy atom. The predicted octanol–water partition coefficient (Wildman–Crippen LogP) is 14.3. The van der Waals surface area contributed by atoms with E-state index in [1.54, 1.807) is 6.20 Å². The number of aromatic nitrogens is 4. The lowest BCUT2D eigenvalue weighted by Gasteiger charge is -2.35. The summed E-state index contributed by atoms with van der Waals surface area (Å²) in [7, 11) is 0. The van der Waals surface area contributed by atoms with E-state index in [0.29, 0.717) is 5.82 Å². The van der Waals surface area contributed by atoms with E-state index < -0.39 is 5.41 Å². The standard InChI is InChI=1S/C57H34N4S/c1-2-13-35(14-3-1)52-32-53(38-25-27-51(59-34-38)37-15-12-28-58-33-37)61-56(60-52)36-24-26-43-40-17-5-4-16-39(40)41-18-6-9-21-47(41)57(49(43)29-36)48-22-10-7-19-42(48)45-31-55-46(30-50(45)57)44-20-8-11-23-54(44)62-55/h1-34H. The monoisotopic (exact) mass is 806 g/mol. The molecule has 288 valence electrons. The molecular formula is C57H34N4S. The number of pyridine rings is 2. The molecule has 2 aliphatic carbocycles. The number of rotatable bonds is 4. The van der Waals surface area contributed by atoms with E-state index in [-0.39, 0.29) is 0 Å². The molecular weight excluding hydrogens is 773 g/mol. The summed E-state index contributed by atoms with van der Waals surface area (Å²) < 4.78 is 2.61. The van der Waals surface area contributed by atoms with Crippen molar-refractivity contribution in [3.8, 4) is 78.5 Å². The lowest BCUT2D eigenvalue weighted by atomic mass is 9.65. The summed E-state index contributed by atoms with van der Waals surface area (Å²) in [6, 6.07) is 68.3. The first-order valence-corrected chi connectivity index (χ1v) is 21.8. The van der Waals surface area contributed by atoms with Gasteiger partial charge in [-0.1, -0.05) is 133 Å². The van der Waals surface area contributed by atoms with Crippen LogP contribution in [0.15, 0.2) is 207 Å². The number of hydrogen-bond donors (Lipinski definition) is 0. The van der Waals surface area contributed by atoms with Crippen LogP contribution in [0.2, 0.25) is 0 Å². The highest BCUT2D eigenvalue weighted by Gasteiger charge is 2.50. The molecule has 4 nitrogen and oxygen atoms in total. The van der Waals surface area contributed by atoms with E-state index in [1.807, 2.05) is 48.0 Å². The normalized spacial score (nSPS) is 14.5. The molecule has 1 spiro atoms. The van der Waals surface area contributed by atoms with Gasteiger partial charge in [-0.05, 0) is 110 Å². The van der Waals surface area contributed by atoms with Crippen molar-refractivity contribution in [2.75, 3.05) is 0 Å². The van der Waals surface area contributed by atoms with Crippen LogP contribution in [0.5, 0.6) is 0 Å². The van der Waals surface area contributed by atoms with Crippen molar-refractivity contribution >= 4 is 31.5 Å². The van der Waals surface area contributed by atoms with Crippen molar-refractivity contribution in [1.82, 2.24) is 19.9 Å². The molecule has 4 heterocycles. The third-order valence-corrected chi connectivity index (χ3v) is 14.0. The van der Waals surface area contributed by atoms with Gasteiger partial charge in [-0.3, -0.25) is 9.97 Å². The number of hydrogen-bond acceptors (Lipinski definition) is 5. The summed E-state index contributed by atoms with van der Waals surface area (Å²) in [5, 5.41) is 2.59. The van der Waals surface area contributed by atoms with Gasteiger partial charge in [0.25, 0.3) is 0 Å². The van der Waals surface area contributed by atoms with Crippen molar-refractivity contribution in [2.24, 2.45) is 0 Å². The summed E-state index contributed by atoms with van der Waals surface area (Å²) >= 11 is 1.88. The van der Waals surface area contributed by atoms with E-state index in [0.717, 1.165) is 39.3 Å². The number of thiophene rings is 1. The van der Waals surface area contributed by atoms with Crippen LogP contribution in [-0.4, -0.2) is 19.9 Å². The summed E-state index contributed by atoms with van der Waals surface area (Å²) in [6.45, 7) is 0. The lowest BCUT2D eigenvalue weighted by Crippen LogP contribution is -2.29. The van der Waals surface area contributed by atoms with E-state index in [9.17, 15) is 0 Å². The minimum Gasteiger partial charge on any atom is -0.264 e. The van der Waals surface area contributed by atoms with Crippen LogP contribution in [0.4, 0.5) is 0 Å². The van der Waals surface area contributed by atoms with Gasteiger partial charge in [0.2, 0.25) is 0 Å². The van der Waals surface area contributed by atoms with Gasteiger partial charge >= 0.3 is 0 Å². The topological polar surface area (TPSA) is 51.6 Å². The van der Waals surface area contributed by atoms with E-state index >= 15 is 0 Å². The second kappa shape index (κ2) is 13.6. The third-order valence-electron chi connectivity index (χ3n) is 12.9. The average molecular weight is 807 g/mol. The van der Waals surface area contributed by atoms with Gasteiger partial charge in [-0.25, -0.2) is 9.97 Å². The zero-order valence-electron chi connectivity index (χ0n) is 33.3. The van der Waals surface area contributed by atoms with Gasteiger partial charge in [0, 0.05) is 61.0 Å². The zero-order valence-corrected chi connectivity index (χ0v) is 34.1. The predicted molar refractivity (Wildman–Crippen MR) is 254 cm³/mol. The Hall–Kier alpha value is -7.86. The van der Waals surface area contributed by atoms with Crippen molar-refractivity contribution in [2.45, 2.75) is 5.41 Å². The highest BCUT2D eigenvalue weighted by Crippen LogP contribution is 2.62. The molecule has 0 N–H and O–H groups in total. The first-order chi connectivity index (χ1) is 30.7. The van der Waals surface area contributed by atoms with Crippen molar-refractivity contribution in [1.29, 1.82) is 0 Å². The van der Waals surface area contributed by atoms with Gasteiger partial charge in [0.15, 0.2) is 5.82 Å². The average Bonchev–Trinajstić information content (AvgIpc) is 3.83. The Labute approximate surface area is 362 Å². The van der Waals surface area contributed by atoms with Gasteiger partial charge < -0.3 is 0 Å². The Bertz CT molecular complexity index is 3580. The fraction of sp³-hybridized carbons (Fsp3) is 0.0175. The lowest BCUT2D eigenvalue weighted by molar-refractivity contribution is 0.777. The summed E-state index contributed by atoms with van der Waals surface area (Å²) in [4.78, 5) is 19.9. The molecule has 0 fully saturated rings. The van der Waals surface area contributed by atoms with Crippen LogP contribution in [-0.2, 0) is 5.41 Å². The quantitative estimate of drug-likeness (QED) is 0.178. The molecule has 0 radical (unpaired) electrons. The summed E-state index contributed by atoms with van der Waals surface area (Å²) in [5.74, 6) is 0.659. The highest BCUT2D eigenvalue weighted by molar-refractivity contribution is 7.25. The molecule has 1 unspecified atom stereocenters. The maximum absolute atomic E-state index is 5.37. The van der Waals surface area contributed by atoms with Crippen molar-refractivity contribution < 1.29 is 0 Å². The molecule has 2 aliphatic rings. The first-order valence-electron chi connectivity index (χ1n) is 20.9. The van der Waals surface area contributed by atoms with Gasteiger partial charge in [0.05, 0.1) is 22.5 Å². The molecule has 4 aromatic heterocycles. The van der Waals surface area contributed by atoms with Crippen LogP contribution in [0.1, 0.15) is 22.3 Å². The fourth-order valence-corrected chi connectivity index (χ4v) is 11.3. The Balaban J connectivity index is 1.10. The molecule has 62 heavy (non-hydrogen) atoms.